The van der Waals surface area contributed by atoms with Gasteiger partial charge in [-0.3, -0.25) is 0 Å². The van der Waals surface area contributed by atoms with E-state index in [9.17, 15) is 4.39 Å². The zero-order chi connectivity index (χ0) is 11.4. The van der Waals surface area contributed by atoms with Crippen LogP contribution >= 0.6 is 0 Å². The Hall–Kier alpha value is -0.970. The fourth-order valence-corrected chi connectivity index (χ4v) is 2.28. The number of morpholine rings is 1. The van der Waals surface area contributed by atoms with Crippen LogP contribution in [0, 0.1) is 5.82 Å². The monoisotopic (exact) mass is 226 g/mol. The Morgan fingerprint density at radius 2 is 1.88 bits per heavy atom. The average molecular weight is 226 g/mol. The van der Waals surface area contributed by atoms with E-state index in [1.54, 1.807) is 0 Å². The van der Waals surface area contributed by atoms with Crippen LogP contribution in [0.1, 0.15) is 11.6 Å². The van der Waals surface area contributed by atoms with E-state index in [1.807, 2.05) is 12.1 Å². The summed E-state index contributed by atoms with van der Waals surface area (Å²) in [4.78, 5) is 1.49. The maximum atomic E-state index is 12.9. The molecular weight excluding hydrogens is 207 g/mol. The third-order valence-corrected chi connectivity index (χ3v) is 3.19. The van der Waals surface area contributed by atoms with Gasteiger partial charge in [-0.25, -0.2) is 4.39 Å². The highest BCUT2D eigenvalue weighted by Gasteiger charge is 2.26. The molecule has 2 rings (SSSR count). The summed E-state index contributed by atoms with van der Waals surface area (Å²) in [6, 6.07) is 7.15. The number of hydrogen-bond donors (Lipinski definition) is 2. The van der Waals surface area contributed by atoms with Crippen molar-refractivity contribution in [1.29, 1.82) is 0 Å². The molecule has 1 aromatic rings. The molecule has 0 bridgehead atoms. The van der Waals surface area contributed by atoms with E-state index in [1.165, 1.54) is 22.6 Å². The molecule has 0 amide bonds. The fourth-order valence-electron chi connectivity index (χ4n) is 2.28. The molecule has 1 aromatic carbocycles. The van der Waals surface area contributed by atoms with E-state index in [2.05, 4.69) is 5.73 Å². The van der Waals surface area contributed by atoms with Crippen LogP contribution in [-0.2, 0) is 4.74 Å². The van der Waals surface area contributed by atoms with Crippen LogP contribution in [0.15, 0.2) is 24.3 Å². The second-order valence-corrected chi connectivity index (χ2v) is 4.16. The van der Waals surface area contributed by atoms with E-state index < -0.39 is 0 Å². The quantitative estimate of drug-likeness (QED) is 0.684. The van der Waals surface area contributed by atoms with Crippen LogP contribution in [0.5, 0.6) is 0 Å². The molecule has 1 aliphatic rings. The number of ether oxygens (including phenoxy) is 1. The smallest absolute Gasteiger partial charge is 0.163 e. The molecule has 0 unspecified atom stereocenters. The van der Waals surface area contributed by atoms with Gasteiger partial charge in [-0.2, -0.15) is 0 Å². The molecule has 3 nitrogen and oxygen atoms in total. The minimum absolute atomic E-state index is 0.177. The zero-order valence-electron chi connectivity index (χ0n) is 9.42. The molecule has 16 heavy (non-hydrogen) atoms. The third kappa shape index (κ3) is 2.58. The van der Waals surface area contributed by atoms with Crippen molar-refractivity contribution in [2.45, 2.75) is 6.04 Å². The summed E-state index contributed by atoms with van der Waals surface area (Å²) < 4.78 is 18.2. The second-order valence-electron chi connectivity index (χ2n) is 4.16. The predicted octanol–water partition coefficient (Wildman–Crippen LogP) is -0.976. The number of quaternary nitrogens is 2. The van der Waals surface area contributed by atoms with Crippen LogP contribution in [0.4, 0.5) is 4.39 Å². The Morgan fingerprint density at radius 1 is 1.25 bits per heavy atom. The van der Waals surface area contributed by atoms with Crippen molar-refractivity contribution in [2.24, 2.45) is 0 Å². The summed E-state index contributed by atoms with van der Waals surface area (Å²) in [6.07, 6.45) is 0. The lowest BCUT2D eigenvalue weighted by Gasteiger charge is -2.29. The van der Waals surface area contributed by atoms with Crippen molar-refractivity contribution < 1.29 is 19.8 Å². The molecule has 88 valence electrons. The van der Waals surface area contributed by atoms with E-state index in [0.29, 0.717) is 6.04 Å². The summed E-state index contributed by atoms with van der Waals surface area (Å²) in [5.74, 6) is -0.177. The van der Waals surface area contributed by atoms with Gasteiger partial charge in [-0.1, -0.05) is 0 Å². The first-order valence-corrected chi connectivity index (χ1v) is 5.78. The van der Waals surface area contributed by atoms with Gasteiger partial charge >= 0.3 is 0 Å². The van der Waals surface area contributed by atoms with Gasteiger partial charge in [-0.05, 0) is 24.3 Å². The van der Waals surface area contributed by atoms with Gasteiger partial charge in [0, 0.05) is 5.56 Å². The number of halogens is 1. The lowest BCUT2D eigenvalue weighted by molar-refractivity contribution is -0.944. The summed E-state index contributed by atoms with van der Waals surface area (Å²) in [6.45, 7) is 4.48. The van der Waals surface area contributed by atoms with Crippen LogP contribution in [0.25, 0.3) is 0 Å². The minimum Gasteiger partial charge on any atom is -0.370 e. The van der Waals surface area contributed by atoms with Crippen LogP contribution in [0.3, 0.4) is 0 Å². The summed E-state index contributed by atoms with van der Waals surface area (Å²) in [5.41, 5.74) is 5.18. The van der Waals surface area contributed by atoms with Gasteiger partial charge in [0.25, 0.3) is 0 Å². The van der Waals surface area contributed by atoms with E-state index in [0.717, 1.165) is 32.8 Å². The molecule has 0 aromatic heterocycles. The Morgan fingerprint density at radius 3 is 2.44 bits per heavy atom. The SMILES string of the molecule is [NH3+]C[C@H](c1ccc(F)cc1)[NH+]1CCOCC1. The van der Waals surface area contributed by atoms with E-state index in [4.69, 9.17) is 4.74 Å². The Kier molecular flexibility index (Phi) is 3.88. The van der Waals surface area contributed by atoms with Crippen LogP contribution < -0.4 is 10.6 Å². The highest BCUT2D eigenvalue weighted by molar-refractivity contribution is 5.18. The molecule has 0 aliphatic carbocycles. The second kappa shape index (κ2) is 5.39. The van der Waals surface area contributed by atoms with Crippen molar-refractivity contribution in [3.8, 4) is 0 Å². The van der Waals surface area contributed by atoms with Crippen molar-refractivity contribution in [3.05, 3.63) is 35.6 Å². The standard InChI is InChI=1S/C12H17FN2O/c13-11-3-1-10(2-4-11)12(9-14)15-5-7-16-8-6-15/h1-4,12H,5-9,14H2/p+2/t12-/m1/s1. The maximum Gasteiger partial charge on any atom is 0.163 e. The molecule has 4 heteroatoms. The third-order valence-electron chi connectivity index (χ3n) is 3.19. The first kappa shape index (κ1) is 11.5. The van der Waals surface area contributed by atoms with Gasteiger partial charge < -0.3 is 15.4 Å². The minimum atomic E-state index is -0.177. The molecule has 1 heterocycles. The topological polar surface area (TPSA) is 41.3 Å². The van der Waals surface area contributed by atoms with Gasteiger partial charge in [0.1, 0.15) is 25.5 Å². The number of nitrogens with one attached hydrogen (secondary N) is 1. The van der Waals surface area contributed by atoms with Crippen LogP contribution in [-0.4, -0.2) is 32.8 Å². The van der Waals surface area contributed by atoms with Crippen LogP contribution in [0.2, 0.25) is 0 Å². The molecule has 1 fully saturated rings. The summed E-state index contributed by atoms with van der Waals surface area (Å²) in [5, 5.41) is 0. The molecule has 0 saturated carbocycles. The Bertz CT molecular complexity index is 322. The van der Waals surface area contributed by atoms with E-state index >= 15 is 0 Å². The Labute approximate surface area is 95.0 Å². The largest absolute Gasteiger partial charge is 0.370 e. The molecule has 4 N–H and O–H groups in total. The van der Waals surface area contributed by atoms with Gasteiger partial charge in [-0.15, -0.1) is 0 Å². The lowest BCUT2D eigenvalue weighted by Crippen LogP contribution is -3.15. The van der Waals surface area contributed by atoms with Crippen molar-refractivity contribution in [2.75, 3.05) is 32.8 Å². The van der Waals surface area contributed by atoms with Gasteiger partial charge in [0.05, 0.1) is 13.2 Å². The van der Waals surface area contributed by atoms with Gasteiger partial charge in [0.15, 0.2) is 6.04 Å². The molecule has 1 atom stereocenters. The summed E-state index contributed by atoms with van der Waals surface area (Å²) in [7, 11) is 0. The average Bonchev–Trinajstić information content (AvgIpc) is 2.34. The van der Waals surface area contributed by atoms with Crippen molar-refractivity contribution in [1.82, 2.24) is 0 Å². The lowest BCUT2D eigenvalue weighted by atomic mass is 10.0. The Balaban J connectivity index is 2.11. The maximum absolute atomic E-state index is 12.9. The zero-order valence-corrected chi connectivity index (χ0v) is 9.42. The summed E-state index contributed by atoms with van der Waals surface area (Å²) >= 11 is 0. The first-order valence-electron chi connectivity index (χ1n) is 5.78. The number of benzene rings is 1. The van der Waals surface area contributed by atoms with E-state index in [-0.39, 0.29) is 5.82 Å². The normalized spacial score (nSPS) is 19.6. The van der Waals surface area contributed by atoms with Crippen molar-refractivity contribution >= 4 is 0 Å². The first-order chi connectivity index (χ1) is 7.81. The predicted molar refractivity (Wildman–Crippen MR) is 58.4 cm³/mol. The molecule has 1 saturated heterocycles. The van der Waals surface area contributed by atoms with Gasteiger partial charge in [0.2, 0.25) is 0 Å². The highest BCUT2D eigenvalue weighted by Crippen LogP contribution is 2.09. The number of rotatable bonds is 3. The molecular formula is C12H19FN2O+2. The molecule has 0 spiro atoms. The fraction of sp³-hybridized carbons (Fsp3) is 0.500. The highest BCUT2D eigenvalue weighted by atomic mass is 19.1. The van der Waals surface area contributed by atoms with Crippen molar-refractivity contribution in [3.63, 3.8) is 0 Å². The number of hydrogen-bond acceptors (Lipinski definition) is 1. The molecule has 1 aliphatic heterocycles. The molecule has 0 radical (unpaired) electrons.